The van der Waals surface area contributed by atoms with Gasteiger partial charge in [-0.25, -0.2) is 9.97 Å². The third-order valence-corrected chi connectivity index (χ3v) is 9.18. The molecule has 4 N–H and O–H groups in total. The first kappa shape index (κ1) is 29.1. The van der Waals surface area contributed by atoms with Crippen LogP contribution in [0.25, 0.3) is 11.6 Å². The van der Waals surface area contributed by atoms with Crippen LogP contribution < -0.4 is 20.7 Å². The monoisotopic (exact) mass is 611 g/mol. The lowest BCUT2D eigenvalue weighted by molar-refractivity contribution is -0.135. The Morgan fingerprint density at radius 2 is 1.82 bits per heavy atom. The van der Waals surface area contributed by atoms with E-state index in [-0.39, 0.29) is 24.1 Å². The molecule has 11 heteroatoms. The van der Waals surface area contributed by atoms with E-state index in [0.717, 1.165) is 28.1 Å². The quantitative estimate of drug-likeness (QED) is 0.259. The Hall–Kier alpha value is -4.64. The van der Waals surface area contributed by atoms with Crippen LogP contribution in [-0.4, -0.2) is 45.3 Å². The second-order valence-electron chi connectivity index (χ2n) is 12.9. The first-order valence-corrected chi connectivity index (χ1v) is 15.4. The standard InChI is InChI=1S/C34H37N5O6/c1-15(2)25-31-39-26(32-35-17(5)18(6)43-32)28(45-31)34-20-9-7-8-10-22(20)37-33(34)44-24-12-11-19(13-21(24)34)14-23(29(41)38-25)36-30(42)27(40)16(3)4/h7-13,15-16,23,25,27,33,37,40H,14H2,1-6H3,(H,36,42)(H,38,41)/t23-,25-,27-,33-,34?/m0/s1. The van der Waals surface area contributed by atoms with Crippen molar-refractivity contribution >= 4 is 17.5 Å². The summed E-state index contributed by atoms with van der Waals surface area (Å²) in [6, 6.07) is 12.2. The highest BCUT2D eigenvalue weighted by Crippen LogP contribution is 2.59. The molecule has 1 spiro atoms. The number of benzene rings is 2. The molecular formula is C34H37N5O6. The number of nitrogens with zero attached hydrogens (tertiary/aromatic N) is 2. The van der Waals surface area contributed by atoms with Gasteiger partial charge in [-0.05, 0) is 48.9 Å². The highest BCUT2D eigenvalue weighted by molar-refractivity contribution is 5.90. The minimum absolute atomic E-state index is 0.141. The molecule has 0 fully saturated rings. The predicted molar refractivity (Wildman–Crippen MR) is 164 cm³/mol. The molecule has 1 unspecified atom stereocenters. The second-order valence-corrected chi connectivity index (χ2v) is 12.9. The van der Waals surface area contributed by atoms with Gasteiger partial charge in [-0.2, -0.15) is 0 Å². The molecule has 0 radical (unpaired) electrons. The Balaban J connectivity index is 1.49. The molecule has 2 amide bonds. The Morgan fingerprint density at radius 3 is 2.53 bits per heavy atom. The molecule has 4 aromatic rings. The lowest BCUT2D eigenvalue weighted by atomic mass is 9.72. The first-order valence-electron chi connectivity index (χ1n) is 15.4. The number of aliphatic hydroxyl groups is 1. The number of ether oxygens (including phenoxy) is 1. The van der Waals surface area contributed by atoms with Gasteiger partial charge < -0.3 is 34.6 Å². The number of aliphatic hydroxyl groups excluding tert-OH is 1. The normalized spacial score (nSPS) is 23.8. The number of carbonyl (C=O) groups excluding carboxylic acids is 2. The largest absolute Gasteiger partial charge is 0.469 e. The Bertz CT molecular complexity index is 1810. The molecule has 2 aromatic heterocycles. The van der Waals surface area contributed by atoms with Crippen LogP contribution in [0.15, 0.2) is 51.3 Å². The van der Waals surface area contributed by atoms with Gasteiger partial charge in [0.05, 0.1) is 5.69 Å². The van der Waals surface area contributed by atoms with E-state index in [0.29, 0.717) is 28.9 Å². The van der Waals surface area contributed by atoms with E-state index in [1.165, 1.54) is 0 Å². The summed E-state index contributed by atoms with van der Waals surface area (Å²) in [7, 11) is 0. The maximum absolute atomic E-state index is 13.9. The van der Waals surface area contributed by atoms with Gasteiger partial charge in [-0.3, -0.25) is 9.59 Å². The van der Waals surface area contributed by atoms with Crippen molar-refractivity contribution in [2.24, 2.45) is 11.8 Å². The Kier molecular flexibility index (Phi) is 6.77. The highest BCUT2D eigenvalue weighted by atomic mass is 16.5. The van der Waals surface area contributed by atoms with Gasteiger partial charge >= 0.3 is 0 Å². The Labute approximate surface area is 260 Å². The van der Waals surface area contributed by atoms with Crippen molar-refractivity contribution in [1.82, 2.24) is 20.6 Å². The van der Waals surface area contributed by atoms with Gasteiger partial charge in [0, 0.05) is 17.7 Å². The first-order chi connectivity index (χ1) is 21.5. The number of fused-ring (bicyclic) bond motifs is 4. The lowest BCUT2D eigenvalue weighted by Crippen LogP contribution is -2.52. The molecule has 5 heterocycles. The van der Waals surface area contributed by atoms with E-state index >= 15 is 0 Å². The average Bonchev–Trinajstić information content (AvgIpc) is 3.74. The maximum Gasteiger partial charge on any atom is 0.249 e. The van der Waals surface area contributed by atoms with E-state index in [1.807, 2.05) is 64.1 Å². The molecule has 11 nitrogen and oxygen atoms in total. The molecule has 4 bridgehead atoms. The van der Waals surface area contributed by atoms with Crippen LogP contribution in [0, 0.1) is 25.7 Å². The van der Waals surface area contributed by atoms with Gasteiger partial charge in [-0.1, -0.05) is 58.0 Å². The number of anilines is 1. The van der Waals surface area contributed by atoms with Crippen LogP contribution in [0.5, 0.6) is 5.75 Å². The summed E-state index contributed by atoms with van der Waals surface area (Å²) >= 11 is 0. The zero-order valence-corrected chi connectivity index (χ0v) is 26.1. The highest BCUT2D eigenvalue weighted by Gasteiger charge is 2.61. The van der Waals surface area contributed by atoms with E-state index < -0.39 is 41.6 Å². The van der Waals surface area contributed by atoms with Gasteiger partial charge in [0.15, 0.2) is 17.7 Å². The molecule has 3 aliphatic heterocycles. The summed E-state index contributed by atoms with van der Waals surface area (Å²) in [5.41, 5.74) is 3.66. The third-order valence-electron chi connectivity index (χ3n) is 9.18. The van der Waals surface area contributed by atoms with Crippen LogP contribution in [0.3, 0.4) is 0 Å². The van der Waals surface area contributed by atoms with E-state index in [4.69, 9.17) is 23.5 Å². The second kappa shape index (κ2) is 10.5. The number of para-hydroxylation sites is 1. The van der Waals surface area contributed by atoms with Gasteiger partial charge in [-0.15, -0.1) is 0 Å². The summed E-state index contributed by atoms with van der Waals surface area (Å²) in [4.78, 5) is 36.7. The molecule has 5 atom stereocenters. The molecule has 0 saturated carbocycles. The summed E-state index contributed by atoms with van der Waals surface area (Å²) in [5, 5.41) is 19.9. The van der Waals surface area contributed by atoms with Crippen molar-refractivity contribution in [1.29, 1.82) is 0 Å². The third kappa shape index (κ3) is 4.43. The number of nitrogens with one attached hydrogen (secondary N) is 3. The number of hydrogen-bond donors (Lipinski definition) is 4. The van der Waals surface area contributed by atoms with Crippen molar-refractivity contribution in [3.8, 4) is 17.3 Å². The van der Waals surface area contributed by atoms with Crippen molar-refractivity contribution in [2.45, 2.75) is 77.8 Å². The van der Waals surface area contributed by atoms with E-state index in [1.54, 1.807) is 13.8 Å². The van der Waals surface area contributed by atoms with Crippen molar-refractivity contribution < 1.29 is 28.3 Å². The molecular weight excluding hydrogens is 574 g/mol. The fourth-order valence-electron chi connectivity index (χ4n) is 6.58. The van der Waals surface area contributed by atoms with Crippen LogP contribution in [-0.2, 0) is 21.4 Å². The minimum atomic E-state index is -1.26. The van der Waals surface area contributed by atoms with Crippen LogP contribution >= 0.6 is 0 Å². The summed E-state index contributed by atoms with van der Waals surface area (Å²) in [6.07, 6.45) is -1.64. The van der Waals surface area contributed by atoms with Gasteiger partial charge in [0.1, 0.15) is 35.1 Å². The number of carbonyl (C=O) groups is 2. The number of aryl methyl sites for hydroxylation is 2. The van der Waals surface area contributed by atoms with Crippen molar-refractivity contribution in [2.75, 3.05) is 5.32 Å². The number of amides is 2. The molecule has 0 aliphatic carbocycles. The lowest BCUT2D eigenvalue weighted by Gasteiger charge is -2.29. The topological polar surface area (TPSA) is 152 Å². The number of aromatic nitrogens is 2. The zero-order valence-electron chi connectivity index (χ0n) is 26.1. The zero-order chi connectivity index (χ0) is 31.8. The van der Waals surface area contributed by atoms with Gasteiger partial charge in [0.25, 0.3) is 0 Å². The smallest absolute Gasteiger partial charge is 0.249 e. The number of oxazole rings is 2. The number of rotatable bonds is 5. The average molecular weight is 612 g/mol. The van der Waals surface area contributed by atoms with Crippen LogP contribution in [0.4, 0.5) is 5.69 Å². The van der Waals surface area contributed by atoms with Gasteiger partial charge in [0.2, 0.25) is 23.6 Å². The SMILES string of the molecule is Cc1nc(-c2nc3oc2C24c5ccccc5N[C@H]2Oc2ccc(cc24)C[C@H](NC(=O)[C@@H](O)C(C)C)C(=O)N[C@H]3C(C)C)oc1C. The van der Waals surface area contributed by atoms with Crippen LogP contribution in [0.2, 0.25) is 0 Å². The molecule has 45 heavy (non-hydrogen) atoms. The Morgan fingerprint density at radius 1 is 1.04 bits per heavy atom. The van der Waals surface area contributed by atoms with E-state index in [9.17, 15) is 14.7 Å². The fourth-order valence-corrected chi connectivity index (χ4v) is 6.58. The summed E-state index contributed by atoms with van der Waals surface area (Å²) < 4.78 is 19.6. The molecule has 0 saturated heterocycles. The fraction of sp³-hybridized carbons (Fsp3) is 0.412. The van der Waals surface area contributed by atoms with Crippen molar-refractivity contribution in [3.05, 3.63) is 82.3 Å². The maximum atomic E-state index is 13.9. The minimum Gasteiger partial charge on any atom is -0.469 e. The molecule has 234 valence electrons. The molecule has 3 aliphatic rings. The number of hydrogen-bond acceptors (Lipinski definition) is 9. The molecule has 2 aromatic carbocycles. The van der Waals surface area contributed by atoms with E-state index in [2.05, 4.69) is 22.0 Å². The molecule has 7 rings (SSSR count). The van der Waals surface area contributed by atoms with Crippen molar-refractivity contribution in [3.63, 3.8) is 0 Å². The summed E-state index contributed by atoms with van der Waals surface area (Å²) in [5.74, 6) is 0.938. The van der Waals surface area contributed by atoms with Crippen LogP contribution in [0.1, 0.15) is 73.5 Å². The summed E-state index contributed by atoms with van der Waals surface area (Å²) in [6.45, 7) is 11.1. The predicted octanol–water partition coefficient (Wildman–Crippen LogP) is 4.30.